The minimum atomic E-state index is 0.708. The Morgan fingerprint density at radius 1 is 1.54 bits per heavy atom. The van der Waals surface area contributed by atoms with Gasteiger partial charge in [-0.25, -0.2) is 4.68 Å². The van der Waals surface area contributed by atoms with E-state index in [0.29, 0.717) is 6.54 Å². The summed E-state index contributed by atoms with van der Waals surface area (Å²) in [7, 11) is 0. The number of aromatic nitrogens is 3. The molecule has 13 heavy (non-hydrogen) atoms. The molecule has 0 saturated heterocycles. The summed E-state index contributed by atoms with van der Waals surface area (Å²) in [4.78, 5) is 0. The van der Waals surface area contributed by atoms with Crippen LogP contribution in [0.3, 0.4) is 0 Å². The maximum absolute atomic E-state index is 4.10. The fourth-order valence-electron chi connectivity index (χ4n) is 1.39. The smallest absolute Gasteiger partial charge is 0.116 e. The molecule has 2 aromatic rings. The molecule has 0 aliphatic carbocycles. The molecule has 3 heteroatoms. The molecule has 1 aromatic heterocycles. The van der Waals surface area contributed by atoms with Gasteiger partial charge < -0.3 is 0 Å². The van der Waals surface area contributed by atoms with Gasteiger partial charge in [0.05, 0.1) is 12.1 Å². The third-order valence-electron chi connectivity index (χ3n) is 2.05. The quantitative estimate of drug-likeness (QED) is 0.649. The Hall–Kier alpha value is -1.64. The first kappa shape index (κ1) is 7.98. The molecule has 0 fully saturated rings. The summed E-state index contributed by atoms with van der Waals surface area (Å²) < 4.78 is 1.84. The van der Waals surface area contributed by atoms with E-state index >= 15 is 0 Å². The molecule has 2 rings (SSSR count). The minimum absolute atomic E-state index is 0.708. The lowest BCUT2D eigenvalue weighted by molar-refractivity contribution is 0.683. The number of benzene rings is 1. The highest BCUT2D eigenvalue weighted by Crippen LogP contribution is 2.14. The van der Waals surface area contributed by atoms with Gasteiger partial charge in [0, 0.05) is 0 Å². The van der Waals surface area contributed by atoms with E-state index in [0.717, 1.165) is 16.6 Å². The summed E-state index contributed by atoms with van der Waals surface area (Å²) >= 11 is 0. The van der Waals surface area contributed by atoms with E-state index in [9.17, 15) is 0 Å². The highest BCUT2D eigenvalue weighted by atomic mass is 15.4. The van der Waals surface area contributed by atoms with E-state index in [1.165, 1.54) is 0 Å². The van der Waals surface area contributed by atoms with Crippen molar-refractivity contribution in [1.82, 2.24) is 15.0 Å². The van der Waals surface area contributed by atoms with Gasteiger partial charge in [0.1, 0.15) is 5.52 Å². The Kier molecular flexibility index (Phi) is 1.85. The summed E-state index contributed by atoms with van der Waals surface area (Å²) in [6.45, 7) is 6.42. The van der Waals surface area contributed by atoms with Crippen molar-refractivity contribution in [2.24, 2.45) is 0 Å². The molecule has 0 radical (unpaired) electrons. The normalized spacial score (nSPS) is 10.5. The lowest BCUT2D eigenvalue weighted by atomic mass is 10.2. The van der Waals surface area contributed by atoms with Gasteiger partial charge in [0.15, 0.2) is 0 Å². The number of rotatable bonds is 2. The minimum Gasteiger partial charge on any atom is -0.241 e. The zero-order chi connectivity index (χ0) is 9.26. The summed E-state index contributed by atoms with van der Waals surface area (Å²) in [5, 5.41) is 8.14. The van der Waals surface area contributed by atoms with Gasteiger partial charge >= 0.3 is 0 Å². The molecule has 0 atom stereocenters. The predicted octanol–water partition coefficient (Wildman–Crippen LogP) is 1.93. The molecule has 1 aromatic carbocycles. The lowest BCUT2D eigenvalue weighted by Crippen LogP contribution is -1.96. The molecule has 0 spiro atoms. The molecule has 3 nitrogen and oxygen atoms in total. The van der Waals surface area contributed by atoms with Crippen LogP contribution in [-0.4, -0.2) is 15.0 Å². The molecule has 66 valence electrons. The molecule has 0 bridgehead atoms. The van der Waals surface area contributed by atoms with Gasteiger partial charge in [0.25, 0.3) is 0 Å². The maximum atomic E-state index is 4.10. The van der Waals surface area contributed by atoms with Crippen LogP contribution >= 0.6 is 0 Å². The van der Waals surface area contributed by atoms with Gasteiger partial charge in [-0.15, -0.1) is 11.7 Å². The number of hydrogen-bond acceptors (Lipinski definition) is 2. The van der Waals surface area contributed by atoms with Crippen molar-refractivity contribution in [2.75, 3.05) is 0 Å². The standard InChI is InChI=1S/C10H11N3/c1-3-7-13-9-6-4-5-8(2)10(9)11-12-13/h3-6H,1,7H2,2H3. The Labute approximate surface area is 76.7 Å². The van der Waals surface area contributed by atoms with Crippen LogP contribution in [0.4, 0.5) is 0 Å². The highest BCUT2D eigenvalue weighted by molar-refractivity contribution is 5.77. The van der Waals surface area contributed by atoms with Gasteiger partial charge in [-0.2, -0.15) is 0 Å². The van der Waals surface area contributed by atoms with Crippen molar-refractivity contribution in [2.45, 2.75) is 13.5 Å². The van der Waals surface area contributed by atoms with Crippen LogP contribution in [0.1, 0.15) is 5.56 Å². The molecular weight excluding hydrogens is 162 g/mol. The second-order valence-electron chi connectivity index (χ2n) is 3.00. The second kappa shape index (κ2) is 3.01. The molecule has 0 aliphatic rings. The van der Waals surface area contributed by atoms with E-state index in [1.807, 2.05) is 35.9 Å². The zero-order valence-corrected chi connectivity index (χ0v) is 7.57. The summed E-state index contributed by atoms with van der Waals surface area (Å²) in [5.74, 6) is 0. The van der Waals surface area contributed by atoms with Crippen LogP contribution in [0.2, 0.25) is 0 Å². The van der Waals surface area contributed by atoms with E-state index in [1.54, 1.807) is 0 Å². The zero-order valence-electron chi connectivity index (χ0n) is 7.57. The van der Waals surface area contributed by atoms with Crippen LogP contribution < -0.4 is 0 Å². The largest absolute Gasteiger partial charge is 0.241 e. The number of allylic oxidation sites excluding steroid dienone is 1. The van der Waals surface area contributed by atoms with Gasteiger partial charge in [0.2, 0.25) is 0 Å². The third kappa shape index (κ3) is 1.22. The van der Waals surface area contributed by atoms with Crippen molar-refractivity contribution in [3.63, 3.8) is 0 Å². The van der Waals surface area contributed by atoms with Crippen LogP contribution in [0.5, 0.6) is 0 Å². The lowest BCUT2D eigenvalue weighted by Gasteiger charge is -1.96. The Morgan fingerprint density at radius 3 is 3.15 bits per heavy atom. The van der Waals surface area contributed by atoms with Crippen molar-refractivity contribution in [1.29, 1.82) is 0 Å². The van der Waals surface area contributed by atoms with Crippen LogP contribution in [0, 0.1) is 6.92 Å². The molecule has 0 unspecified atom stereocenters. The summed E-state index contributed by atoms with van der Waals surface area (Å²) in [5.41, 5.74) is 3.21. The molecule has 0 amide bonds. The van der Waals surface area contributed by atoms with Gasteiger partial charge in [-0.1, -0.05) is 23.4 Å². The molecule has 0 N–H and O–H groups in total. The van der Waals surface area contributed by atoms with Gasteiger partial charge in [-0.3, -0.25) is 0 Å². The molecule has 0 aliphatic heterocycles. The Bertz CT molecular complexity index is 442. The summed E-state index contributed by atoms with van der Waals surface area (Å²) in [6, 6.07) is 6.07. The van der Waals surface area contributed by atoms with Crippen molar-refractivity contribution in [3.8, 4) is 0 Å². The molecule has 0 saturated carbocycles. The maximum Gasteiger partial charge on any atom is 0.116 e. The van der Waals surface area contributed by atoms with E-state index in [2.05, 4.69) is 16.9 Å². The fourth-order valence-corrected chi connectivity index (χ4v) is 1.39. The van der Waals surface area contributed by atoms with Crippen LogP contribution in [0.15, 0.2) is 30.9 Å². The predicted molar refractivity (Wildman–Crippen MR) is 52.5 cm³/mol. The SMILES string of the molecule is C=CCn1nnc2c(C)cccc21. The van der Waals surface area contributed by atoms with Gasteiger partial charge in [-0.05, 0) is 18.6 Å². The van der Waals surface area contributed by atoms with E-state index < -0.39 is 0 Å². The number of hydrogen-bond donors (Lipinski definition) is 0. The van der Waals surface area contributed by atoms with Crippen LogP contribution in [0.25, 0.3) is 11.0 Å². The first-order valence-electron chi connectivity index (χ1n) is 4.22. The van der Waals surface area contributed by atoms with E-state index in [-0.39, 0.29) is 0 Å². The molecule has 1 heterocycles. The van der Waals surface area contributed by atoms with Crippen molar-refractivity contribution in [3.05, 3.63) is 36.4 Å². The topological polar surface area (TPSA) is 30.7 Å². The second-order valence-corrected chi connectivity index (χ2v) is 3.00. The monoisotopic (exact) mass is 173 g/mol. The van der Waals surface area contributed by atoms with Crippen LogP contribution in [-0.2, 0) is 6.54 Å². The highest BCUT2D eigenvalue weighted by Gasteiger charge is 2.03. The number of aryl methyl sites for hydroxylation is 1. The Morgan fingerprint density at radius 2 is 2.38 bits per heavy atom. The number of fused-ring (bicyclic) bond motifs is 1. The third-order valence-corrected chi connectivity index (χ3v) is 2.05. The fraction of sp³-hybridized carbons (Fsp3) is 0.200. The first-order chi connectivity index (χ1) is 6.33. The van der Waals surface area contributed by atoms with Crippen molar-refractivity contribution < 1.29 is 0 Å². The average Bonchev–Trinajstić information content (AvgIpc) is 2.51. The number of nitrogens with zero attached hydrogens (tertiary/aromatic N) is 3. The van der Waals surface area contributed by atoms with E-state index in [4.69, 9.17) is 0 Å². The average molecular weight is 173 g/mol. The Balaban J connectivity index is 2.67. The first-order valence-corrected chi connectivity index (χ1v) is 4.22. The van der Waals surface area contributed by atoms with Crippen molar-refractivity contribution >= 4 is 11.0 Å². The molecular formula is C10H11N3. The summed E-state index contributed by atoms with van der Waals surface area (Å²) in [6.07, 6.45) is 1.82.